The number of imidazole rings is 1. The highest BCUT2D eigenvalue weighted by atomic mass is 79.9. The molecule has 1 aliphatic rings. The molecule has 0 saturated heterocycles. The molecule has 22 heavy (non-hydrogen) atoms. The van der Waals surface area contributed by atoms with Crippen LogP contribution in [0.1, 0.15) is 11.3 Å². The third-order valence-corrected chi connectivity index (χ3v) is 3.69. The summed E-state index contributed by atoms with van der Waals surface area (Å²) >= 11 is 2.94. The molecular weight excluding hydrogens is 348 g/mol. The summed E-state index contributed by atoms with van der Waals surface area (Å²) in [7, 11) is 0. The van der Waals surface area contributed by atoms with Gasteiger partial charge in [-0.2, -0.15) is 0 Å². The number of nitrogens with zero attached hydrogens (tertiary/aromatic N) is 4. The SMILES string of the molecule is CBr.O=[N+]([O-])c1ccc2c(c1)-c1nc3ncccn3c1CC2. The molecule has 1 aliphatic carbocycles. The molecule has 0 bridgehead atoms. The van der Waals surface area contributed by atoms with Gasteiger partial charge in [0.2, 0.25) is 5.78 Å². The van der Waals surface area contributed by atoms with Crippen LogP contribution in [-0.2, 0) is 12.8 Å². The Hall–Kier alpha value is -2.28. The van der Waals surface area contributed by atoms with E-state index in [2.05, 4.69) is 25.9 Å². The van der Waals surface area contributed by atoms with Crippen molar-refractivity contribution in [3.63, 3.8) is 0 Å². The Labute approximate surface area is 135 Å². The van der Waals surface area contributed by atoms with Gasteiger partial charge in [0, 0.05) is 30.1 Å². The predicted octanol–water partition coefficient (Wildman–Crippen LogP) is 3.41. The summed E-state index contributed by atoms with van der Waals surface area (Å²) in [5, 5.41) is 10.9. The maximum atomic E-state index is 10.9. The Balaban J connectivity index is 0.000000693. The molecule has 112 valence electrons. The minimum atomic E-state index is -0.372. The van der Waals surface area contributed by atoms with Gasteiger partial charge in [-0.3, -0.25) is 14.5 Å². The maximum Gasteiger partial charge on any atom is 0.270 e. The van der Waals surface area contributed by atoms with Crippen LogP contribution >= 0.6 is 15.9 Å². The topological polar surface area (TPSA) is 73.3 Å². The van der Waals surface area contributed by atoms with Gasteiger partial charge in [-0.25, -0.2) is 9.97 Å². The highest BCUT2D eigenvalue weighted by Crippen LogP contribution is 2.35. The van der Waals surface area contributed by atoms with E-state index in [9.17, 15) is 10.1 Å². The maximum absolute atomic E-state index is 10.9. The largest absolute Gasteiger partial charge is 0.287 e. The van der Waals surface area contributed by atoms with E-state index in [0.29, 0.717) is 5.78 Å². The molecule has 0 amide bonds. The second-order valence-electron chi connectivity index (χ2n) is 4.80. The summed E-state index contributed by atoms with van der Waals surface area (Å²) in [6, 6.07) is 6.85. The van der Waals surface area contributed by atoms with Gasteiger partial charge in [0.05, 0.1) is 16.3 Å². The molecule has 0 spiro atoms. The van der Waals surface area contributed by atoms with Crippen molar-refractivity contribution in [2.45, 2.75) is 12.8 Å². The predicted molar refractivity (Wildman–Crippen MR) is 87.3 cm³/mol. The van der Waals surface area contributed by atoms with Crippen molar-refractivity contribution < 1.29 is 4.92 Å². The highest BCUT2D eigenvalue weighted by molar-refractivity contribution is 9.08. The van der Waals surface area contributed by atoms with E-state index in [0.717, 1.165) is 35.4 Å². The molecule has 3 aromatic rings. The number of hydrogen-bond donors (Lipinski definition) is 0. The molecule has 0 aliphatic heterocycles. The van der Waals surface area contributed by atoms with Crippen LogP contribution < -0.4 is 0 Å². The molecule has 2 aromatic heterocycles. The van der Waals surface area contributed by atoms with Gasteiger partial charge in [0.25, 0.3) is 5.69 Å². The van der Waals surface area contributed by atoms with E-state index >= 15 is 0 Å². The van der Waals surface area contributed by atoms with E-state index < -0.39 is 0 Å². The third kappa shape index (κ3) is 2.27. The molecule has 7 heteroatoms. The summed E-state index contributed by atoms with van der Waals surface area (Å²) in [5.41, 5.74) is 3.94. The lowest BCUT2D eigenvalue weighted by atomic mass is 9.92. The van der Waals surface area contributed by atoms with Gasteiger partial charge in [-0.15, -0.1) is 0 Å². The second kappa shape index (κ2) is 5.84. The lowest BCUT2D eigenvalue weighted by Crippen LogP contribution is -2.06. The van der Waals surface area contributed by atoms with Crippen molar-refractivity contribution in [1.82, 2.24) is 14.4 Å². The van der Waals surface area contributed by atoms with Crippen molar-refractivity contribution >= 4 is 27.4 Å². The van der Waals surface area contributed by atoms with E-state index in [-0.39, 0.29) is 10.6 Å². The molecule has 0 fully saturated rings. The molecule has 0 saturated carbocycles. The molecular formula is C15H13BrN4O2. The van der Waals surface area contributed by atoms with Crippen molar-refractivity contribution in [3.8, 4) is 11.3 Å². The highest BCUT2D eigenvalue weighted by Gasteiger charge is 2.23. The normalized spacial score (nSPS) is 12.1. The fourth-order valence-electron chi connectivity index (χ4n) is 2.76. The van der Waals surface area contributed by atoms with E-state index in [1.807, 2.05) is 28.6 Å². The number of halogens is 1. The second-order valence-corrected chi connectivity index (χ2v) is 4.80. The quantitative estimate of drug-likeness (QED) is 0.378. The third-order valence-electron chi connectivity index (χ3n) is 3.69. The number of hydrogen-bond acceptors (Lipinski definition) is 4. The first-order valence-corrected chi connectivity index (χ1v) is 8.30. The standard InChI is InChI=1S/C14H10N4O2.CH3Br/c19-18(20)10-4-2-9-3-5-12-13(11(9)8-10)16-14-15-6-1-7-17(12)14;1-2/h1-2,4,6-8H,3,5H2;1H3. The number of alkyl halides is 1. The van der Waals surface area contributed by atoms with Crippen LogP contribution in [0.4, 0.5) is 5.69 Å². The van der Waals surface area contributed by atoms with Gasteiger partial charge in [-0.05, 0) is 30.3 Å². The van der Waals surface area contributed by atoms with Crippen LogP contribution in [0.5, 0.6) is 0 Å². The lowest BCUT2D eigenvalue weighted by Gasteiger charge is -2.15. The first kappa shape index (κ1) is 14.6. The molecule has 0 radical (unpaired) electrons. The summed E-state index contributed by atoms with van der Waals surface area (Å²) in [6.07, 6.45) is 5.36. The zero-order valence-electron chi connectivity index (χ0n) is 11.9. The number of nitro benzene ring substituents is 1. The van der Waals surface area contributed by atoms with Gasteiger partial charge in [-0.1, -0.05) is 22.0 Å². The summed E-state index contributed by atoms with van der Waals surface area (Å²) in [6.45, 7) is 0. The summed E-state index contributed by atoms with van der Waals surface area (Å²) < 4.78 is 1.96. The molecule has 4 rings (SSSR count). The van der Waals surface area contributed by atoms with Crippen LogP contribution in [0.3, 0.4) is 0 Å². The Morgan fingerprint density at radius 2 is 2.14 bits per heavy atom. The monoisotopic (exact) mass is 360 g/mol. The Morgan fingerprint density at radius 1 is 1.32 bits per heavy atom. The average molecular weight is 361 g/mol. The van der Waals surface area contributed by atoms with Crippen molar-refractivity contribution in [2.24, 2.45) is 0 Å². The molecule has 0 N–H and O–H groups in total. The van der Waals surface area contributed by atoms with Crippen LogP contribution in [-0.4, -0.2) is 25.1 Å². The zero-order valence-corrected chi connectivity index (χ0v) is 13.4. The van der Waals surface area contributed by atoms with Gasteiger partial charge < -0.3 is 0 Å². The minimum absolute atomic E-state index is 0.0987. The first-order valence-electron chi connectivity index (χ1n) is 6.71. The Morgan fingerprint density at radius 3 is 2.91 bits per heavy atom. The van der Waals surface area contributed by atoms with Gasteiger partial charge in [0.1, 0.15) is 0 Å². The Kier molecular flexibility index (Phi) is 3.89. The van der Waals surface area contributed by atoms with E-state index in [1.54, 1.807) is 18.3 Å². The molecule has 2 heterocycles. The summed E-state index contributed by atoms with van der Waals surface area (Å²) in [5.74, 6) is 2.45. The molecule has 6 nitrogen and oxygen atoms in total. The first-order chi connectivity index (χ1) is 10.7. The van der Waals surface area contributed by atoms with Gasteiger partial charge in [0.15, 0.2) is 0 Å². The van der Waals surface area contributed by atoms with Crippen molar-refractivity contribution in [1.29, 1.82) is 0 Å². The van der Waals surface area contributed by atoms with Crippen molar-refractivity contribution in [2.75, 3.05) is 5.83 Å². The van der Waals surface area contributed by atoms with Crippen LogP contribution in [0.25, 0.3) is 17.0 Å². The fourth-order valence-corrected chi connectivity index (χ4v) is 2.76. The van der Waals surface area contributed by atoms with Crippen molar-refractivity contribution in [3.05, 3.63) is 58.0 Å². The number of aryl methyl sites for hydroxylation is 2. The lowest BCUT2D eigenvalue weighted by molar-refractivity contribution is -0.384. The average Bonchev–Trinajstić information content (AvgIpc) is 2.95. The Bertz CT molecular complexity index is 860. The fraction of sp³-hybridized carbons (Fsp3) is 0.200. The zero-order chi connectivity index (χ0) is 15.7. The number of aromatic nitrogens is 3. The van der Waals surface area contributed by atoms with Crippen LogP contribution in [0.15, 0.2) is 36.7 Å². The van der Waals surface area contributed by atoms with Crippen LogP contribution in [0.2, 0.25) is 0 Å². The number of non-ortho nitro benzene ring substituents is 1. The minimum Gasteiger partial charge on any atom is -0.287 e. The van der Waals surface area contributed by atoms with Gasteiger partial charge >= 0.3 is 0 Å². The van der Waals surface area contributed by atoms with E-state index in [4.69, 9.17) is 0 Å². The molecule has 0 atom stereocenters. The number of rotatable bonds is 1. The number of fused-ring (bicyclic) bond motifs is 5. The number of benzene rings is 1. The molecule has 0 unspecified atom stereocenters. The summed E-state index contributed by atoms with van der Waals surface area (Å²) in [4.78, 5) is 19.3. The van der Waals surface area contributed by atoms with E-state index in [1.165, 1.54) is 0 Å². The smallest absolute Gasteiger partial charge is 0.270 e. The van der Waals surface area contributed by atoms with Crippen LogP contribution in [0, 0.1) is 10.1 Å². The molecule has 1 aromatic carbocycles. The number of nitro groups is 1.